The van der Waals surface area contributed by atoms with Crippen LogP contribution in [0.5, 0.6) is 5.75 Å². The summed E-state index contributed by atoms with van der Waals surface area (Å²) in [5.41, 5.74) is 2.85. The summed E-state index contributed by atoms with van der Waals surface area (Å²) >= 11 is 12.6. The third kappa shape index (κ3) is 10.1. The topological polar surface area (TPSA) is 71.6 Å². The Balaban J connectivity index is 1.42. The van der Waals surface area contributed by atoms with Crippen molar-refractivity contribution >= 4 is 47.0 Å². The number of unbranched alkanes of at least 4 members (excludes halogenated alkanes) is 2. The molecule has 2 aromatic rings. The van der Waals surface area contributed by atoms with Gasteiger partial charge in [0.05, 0.1) is 28.9 Å². The molecule has 0 aromatic heterocycles. The number of hydrogen-bond acceptors (Lipinski definition) is 8. The molecule has 1 aliphatic rings. The number of benzene rings is 2. The first-order chi connectivity index (χ1) is 19.4. The minimum atomic E-state index is -0.683. The number of hydrogen-bond donors (Lipinski definition) is 0. The molecule has 1 saturated heterocycles. The van der Waals surface area contributed by atoms with Crippen molar-refractivity contribution in [2.45, 2.75) is 45.4 Å². The van der Waals surface area contributed by atoms with Gasteiger partial charge in [-0.15, -0.1) is 0 Å². The summed E-state index contributed by atoms with van der Waals surface area (Å²) in [7, 11) is 1.84. The van der Waals surface area contributed by atoms with E-state index in [1.54, 1.807) is 0 Å². The van der Waals surface area contributed by atoms with E-state index in [9.17, 15) is 9.59 Å². The van der Waals surface area contributed by atoms with Gasteiger partial charge in [-0.2, -0.15) is 0 Å². The lowest BCUT2D eigenvalue weighted by atomic mass is 10.1. The Morgan fingerprint density at radius 1 is 1.02 bits per heavy atom. The van der Waals surface area contributed by atoms with Crippen LogP contribution in [0.25, 0.3) is 0 Å². The smallest absolute Gasteiger partial charge is 0.494 e. The Kier molecular flexibility index (Phi) is 13.7. The van der Waals surface area contributed by atoms with Crippen LogP contribution < -0.4 is 14.5 Å². The van der Waals surface area contributed by atoms with Gasteiger partial charge in [-0.05, 0) is 56.0 Å². The molecule has 0 spiro atoms. The van der Waals surface area contributed by atoms with Crippen LogP contribution in [0.4, 0.5) is 16.2 Å². The van der Waals surface area contributed by atoms with Gasteiger partial charge in [-0.25, -0.2) is 4.79 Å². The van der Waals surface area contributed by atoms with Crippen LogP contribution in [-0.2, 0) is 20.7 Å². The van der Waals surface area contributed by atoms with Gasteiger partial charge in [0.1, 0.15) is 12.0 Å². The fourth-order valence-electron chi connectivity index (χ4n) is 4.55. The summed E-state index contributed by atoms with van der Waals surface area (Å²) in [6.07, 6.45) is 4.95. The summed E-state index contributed by atoms with van der Waals surface area (Å²) in [4.78, 5) is 29.4. The van der Waals surface area contributed by atoms with Crippen molar-refractivity contribution < 1.29 is 23.8 Å². The average Bonchev–Trinajstić information content (AvgIpc) is 2.97. The zero-order chi connectivity index (χ0) is 28.7. The maximum Gasteiger partial charge on any atom is 0.510 e. The summed E-state index contributed by atoms with van der Waals surface area (Å²) in [5, 5.41) is 1.21. The Bertz CT molecular complexity index is 1080. The largest absolute Gasteiger partial charge is 0.510 e. The summed E-state index contributed by atoms with van der Waals surface area (Å²) < 4.78 is 16.4. The van der Waals surface area contributed by atoms with Crippen molar-refractivity contribution in [1.82, 2.24) is 4.90 Å². The van der Waals surface area contributed by atoms with Crippen LogP contribution in [0.2, 0.25) is 10.0 Å². The number of piperazine rings is 1. The lowest BCUT2D eigenvalue weighted by Crippen LogP contribution is -2.46. The monoisotopic (exact) mass is 593 g/mol. The minimum absolute atomic E-state index is 0.0410. The van der Waals surface area contributed by atoms with E-state index < -0.39 is 6.16 Å². The molecule has 0 saturated carbocycles. The standard InChI is InChI=1S/C30H41Cl2N3O5/c1-3-4-20-39-30(37)40-23-33(2)28-22-25(13-12-24(28)9-8-19-36)38-21-6-5-14-34-15-17-35(18-16-34)27-11-7-10-26(31)29(27)32/h7,10-13,19,22H,3-6,8-9,14-18,20-21,23H2,1-2H3. The van der Waals surface area contributed by atoms with E-state index in [0.717, 1.165) is 87.4 Å². The van der Waals surface area contributed by atoms with Crippen LogP contribution in [0, 0.1) is 0 Å². The molecular weight excluding hydrogens is 553 g/mol. The van der Waals surface area contributed by atoms with Crippen molar-refractivity contribution in [3.63, 3.8) is 0 Å². The average molecular weight is 595 g/mol. The van der Waals surface area contributed by atoms with Gasteiger partial charge in [0.2, 0.25) is 0 Å². The molecule has 1 aliphatic heterocycles. The number of anilines is 2. The SMILES string of the molecule is CCCCOC(=O)OCN(C)c1cc(OCCCCN2CCN(c3cccc(Cl)c3Cl)CC2)ccc1CCC=O. The highest BCUT2D eigenvalue weighted by molar-refractivity contribution is 6.43. The van der Waals surface area contributed by atoms with Crippen molar-refractivity contribution in [3.8, 4) is 5.75 Å². The molecular formula is C30H41Cl2N3O5. The zero-order valence-electron chi connectivity index (χ0n) is 23.6. The first kappa shape index (κ1) is 31.8. The molecule has 0 N–H and O–H groups in total. The first-order valence-corrected chi connectivity index (χ1v) is 14.8. The van der Waals surface area contributed by atoms with Gasteiger partial charge >= 0.3 is 6.16 Å². The zero-order valence-corrected chi connectivity index (χ0v) is 25.1. The second-order valence-corrected chi connectivity index (χ2v) is 10.7. The normalized spacial score (nSPS) is 13.7. The molecule has 1 fully saturated rings. The first-order valence-electron chi connectivity index (χ1n) is 14.0. The van der Waals surface area contributed by atoms with Gasteiger partial charge in [0.15, 0.2) is 6.73 Å². The van der Waals surface area contributed by atoms with Crippen LogP contribution >= 0.6 is 23.2 Å². The minimum Gasteiger partial charge on any atom is -0.494 e. The predicted molar refractivity (Wildman–Crippen MR) is 161 cm³/mol. The number of ether oxygens (including phenoxy) is 3. The predicted octanol–water partition coefficient (Wildman–Crippen LogP) is 6.45. The van der Waals surface area contributed by atoms with Gasteiger partial charge in [0.25, 0.3) is 0 Å². The second-order valence-electron chi connectivity index (χ2n) is 9.88. The molecule has 0 bridgehead atoms. The number of aryl methyl sites for hydroxylation is 1. The van der Waals surface area contributed by atoms with Crippen molar-refractivity contribution in [1.29, 1.82) is 0 Å². The number of rotatable bonds is 16. The quantitative estimate of drug-likeness (QED) is 0.0951. The fraction of sp³-hybridized carbons (Fsp3) is 0.533. The van der Waals surface area contributed by atoms with Gasteiger partial charge in [-0.3, -0.25) is 4.90 Å². The van der Waals surface area contributed by atoms with Gasteiger partial charge in [0, 0.05) is 51.4 Å². The third-order valence-electron chi connectivity index (χ3n) is 6.87. The highest BCUT2D eigenvalue weighted by Crippen LogP contribution is 2.33. The fourth-order valence-corrected chi connectivity index (χ4v) is 4.97. The molecule has 10 heteroatoms. The Labute approximate surface area is 248 Å². The molecule has 2 aromatic carbocycles. The number of aldehydes is 1. The summed E-state index contributed by atoms with van der Waals surface area (Å²) in [6.45, 7) is 7.85. The molecule has 0 atom stereocenters. The molecule has 220 valence electrons. The third-order valence-corrected chi connectivity index (χ3v) is 7.68. The second kappa shape index (κ2) is 17.2. The molecule has 0 amide bonds. The van der Waals surface area contributed by atoms with Crippen molar-refractivity contribution in [3.05, 3.63) is 52.0 Å². The molecule has 1 heterocycles. The summed E-state index contributed by atoms with van der Waals surface area (Å²) in [5.74, 6) is 0.745. The molecule has 0 unspecified atom stereocenters. The van der Waals surface area contributed by atoms with E-state index in [4.69, 9.17) is 37.4 Å². The van der Waals surface area contributed by atoms with Crippen LogP contribution in [0.1, 0.15) is 44.6 Å². The Morgan fingerprint density at radius 3 is 2.58 bits per heavy atom. The van der Waals surface area contributed by atoms with E-state index in [1.807, 2.05) is 55.3 Å². The van der Waals surface area contributed by atoms with E-state index in [1.165, 1.54) is 0 Å². The van der Waals surface area contributed by atoms with Crippen LogP contribution in [0.15, 0.2) is 36.4 Å². The number of carbonyl (C=O) groups excluding carboxylic acids is 2. The number of halogens is 2. The lowest BCUT2D eigenvalue weighted by molar-refractivity contribution is -0.107. The number of nitrogens with zero attached hydrogens (tertiary/aromatic N) is 3. The molecule has 3 rings (SSSR count). The Morgan fingerprint density at radius 2 is 1.82 bits per heavy atom. The summed E-state index contributed by atoms with van der Waals surface area (Å²) in [6, 6.07) is 11.6. The van der Waals surface area contributed by atoms with Crippen molar-refractivity contribution in [2.24, 2.45) is 0 Å². The molecule has 0 radical (unpaired) electrons. The number of carbonyl (C=O) groups is 2. The van der Waals surface area contributed by atoms with Crippen LogP contribution in [0.3, 0.4) is 0 Å². The van der Waals surface area contributed by atoms with E-state index in [2.05, 4.69) is 9.80 Å². The van der Waals surface area contributed by atoms with Gasteiger partial charge in [-0.1, -0.05) is 48.7 Å². The van der Waals surface area contributed by atoms with Gasteiger partial charge < -0.3 is 28.8 Å². The maximum atomic E-state index is 11.8. The Hall–Kier alpha value is -2.68. The van der Waals surface area contributed by atoms with Crippen LogP contribution in [-0.4, -0.2) is 77.1 Å². The molecule has 0 aliphatic carbocycles. The highest BCUT2D eigenvalue weighted by Gasteiger charge is 2.19. The van der Waals surface area contributed by atoms with E-state index in [0.29, 0.717) is 36.1 Å². The maximum absolute atomic E-state index is 11.8. The molecule has 8 nitrogen and oxygen atoms in total. The van der Waals surface area contributed by atoms with E-state index >= 15 is 0 Å². The highest BCUT2D eigenvalue weighted by atomic mass is 35.5. The van der Waals surface area contributed by atoms with E-state index in [-0.39, 0.29) is 6.73 Å². The molecule has 40 heavy (non-hydrogen) atoms. The van der Waals surface area contributed by atoms with Crippen molar-refractivity contribution in [2.75, 3.05) is 69.5 Å². The lowest BCUT2D eigenvalue weighted by Gasteiger charge is -2.36.